The molecule has 1 aromatic carbocycles. The second kappa shape index (κ2) is 6.11. The van der Waals surface area contributed by atoms with Crippen molar-refractivity contribution in [1.82, 2.24) is 15.5 Å². The third kappa shape index (κ3) is 3.29. The number of nitrogens with one attached hydrogen (secondary N) is 1. The number of aryl methyl sites for hydroxylation is 1. The Morgan fingerprint density at radius 3 is 2.90 bits per heavy atom. The third-order valence-corrected chi connectivity index (χ3v) is 2.52. The van der Waals surface area contributed by atoms with Gasteiger partial charge in [0.15, 0.2) is 18.2 Å². The summed E-state index contributed by atoms with van der Waals surface area (Å²) in [5.41, 5.74) is 0.717. The standard InChI is InChI=1S/C12H14N4O4/c1-8-14-12(20-15-8)7-19-11-4-3-9(6-13-2)5-10(11)16(17)18/h3-5,13H,6-7H2,1-2H3. The number of nitrogens with zero attached hydrogens (tertiary/aromatic N) is 3. The monoisotopic (exact) mass is 278 g/mol. The zero-order valence-electron chi connectivity index (χ0n) is 11.1. The summed E-state index contributed by atoms with van der Waals surface area (Å²) in [6.07, 6.45) is 0. The third-order valence-electron chi connectivity index (χ3n) is 2.52. The van der Waals surface area contributed by atoms with E-state index < -0.39 is 4.92 Å². The molecule has 0 unspecified atom stereocenters. The molecule has 106 valence electrons. The van der Waals surface area contributed by atoms with Crippen molar-refractivity contribution in [1.29, 1.82) is 0 Å². The summed E-state index contributed by atoms with van der Waals surface area (Å²) >= 11 is 0. The van der Waals surface area contributed by atoms with Gasteiger partial charge >= 0.3 is 5.69 Å². The van der Waals surface area contributed by atoms with Crippen molar-refractivity contribution in [2.24, 2.45) is 0 Å². The SMILES string of the molecule is CNCc1ccc(OCc2nc(C)no2)c([N+](=O)[O-])c1. The van der Waals surface area contributed by atoms with E-state index in [-0.39, 0.29) is 23.9 Å². The lowest BCUT2D eigenvalue weighted by molar-refractivity contribution is -0.386. The first-order valence-electron chi connectivity index (χ1n) is 5.94. The van der Waals surface area contributed by atoms with Gasteiger partial charge in [0.25, 0.3) is 5.89 Å². The predicted molar refractivity (Wildman–Crippen MR) is 69.2 cm³/mol. The molecule has 8 nitrogen and oxygen atoms in total. The fourth-order valence-corrected chi connectivity index (χ4v) is 1.68. The molecule has 0 fully saturated rings. The second-order valence-electron chi connectivity index (χ2n) is 4.11. The van der Waals surface area contributed by atoms with Gasteiger partial charge < -0.3 is 14.6 Å². The van der Waals surface area contributed by atoms with E-state index in [4.69, 9.17) is 9.26 Å². The number of nitro groups is 1. The highest BCUT2D eigenvalue weighted by Gasteiger charge is 2.17. The van der Waals surface area contributed by atoms with E-state index in [0.717, 1.165) is 5.56 Å². The summed E-state index contributed by atoms with van der Waals surface area (Å²) in [7, 11) is 1.77. The Balaban J connectivity index is 2.15. The van der Waals surface area contributed by atoms with Crippen LogP contribution in [0.4, 0.5) is 5.69 Å². The molecular formula is C12H14N4O4. The van der Waals surface area contributed by atoms with Gasteiger partial charge in [-0.25, -0.2) is 0 Å². The molecule has 8 heteroatoms. The molecule has 0 aliphatic carbocycles. The highest BCUT2D eigenvalue weighted by Crippen LogP contribution is 2.28. The van der Waals surface area contributed by atoms with E-state index in [1.54, 1.807) is 26.1 Å². The van der Waals surface area contributed by atoms with Gasteiger partial charge in [-0.3, -0.25) is 10.1 Å². The average Bonchev–Trinajstić information content (AvgIpc) is 2.83. The first-order chi connectivity index (χ1) is 9.60. The summed E-state index contributed by atoms with van der Waals surface area (Å²) in [6.45, 7) is 2.22. The van der Waals surface area contributed by atoms with Gasteiger partial charge in [-0.05, 0) is 25.6 Å². The van der Waals surface area contributed by atoms with Crippen LogP contribution in [0.1, 0.15) is 17.3 Å². The molecule has 1 heterocycles. The van der Waals surface area contributed by atoms with Gasteiger partial charge in [0.05, 0.1) is 4.92 Å². The van der Waals surface area contributed by atoms with Crippen molar-refractivity contribution in [2.45, 2.75) is 20.1 Å². The molecule has 1 aromatic heterocycles. The molecular weight excluding hydrogens is 264 g/mol. The molecule has 0 radical (unpaired) electrons. The van der Waals surface area contributed by atoms with Crippen LogP contribution in [0.25, 0.3) is 0 Å². The second-order valence-corrected chi connectivity index (χ2v) is 4.11. The first kappa shape index (κ1) is 13.9. The van der Waals surface area contributed by atoms with E-state index in [1.165, 1.54) is 6.07 Å². The van der Waals surface area contributed by atoms with Crippen LogP contribution in [-0.2, 0) is 13.2 Å². The maximum Gasteiger partial charge on any atom is 0.311 e. The van der Waals surface area contributed by atoms with Gasteiger partial charge in [0.2, 0.25) is 0 Å². The Kier molecular flexibility index (Phi) is 4.26. The number of hydrogen-bond donors (Lipinski definition) is 1. The Hall–Kier alpha value is -2.48. The summed E-state index contributed by atoms with van der Waals surface area (Å²) in [5.74, 6) is 0.935. The smallest absolute Gasteiger partial charge is 0.311 e. The molecule has 0 amide bonds. The van der Waals surface area contributed by atoms with Gasteiger partial charge in [-0.15, -0.1) is 0 Å². The number of hydrogen-bond acceptors (Lipinski definition) is 7. The van der Waals surface area contributed by atoms with E-state index in [0.29, 0.717) is 12.4 Å². The fourth-order valence-electron chi connectivity index (χ4n) is 1.68. The zero-order chi connectivity index (χ0) is 14.5. The van der Waals surface area contributed by atoms with E-state index in [1.807, 2.05) is 0 Å². The number of benzene rings is 1. The lowest BCUT2D eigenvalue weighted by Gasteiger charge is -2.06. The maximum atomic E-state index is 11.0. The first-order valence-corrected chi connectivity index (χ1v) is 5.94. The Morgan fingerprint density at radius 1 is 1.50 bits per heavy atom. The number of rotatable bonds is 6. The van der Waals surface area contributed by atoms with Crippen LogP contribution in [-0.4, -0.2) is 22.1 Å². The van der Waals surface area contributed by atoms with Crippen LogP contribution < -0.4 is 10.1 Å². The number of ether oxygens (including phenoxy) is 1. The lowest BCUT2D eigenvalue weighted by atomic mass is 10.2. The van der Waals surface area contributed by atoms with Crippen molar-refractivity contribution in [3.05, 3.63) is 45.6 Å². The normalized spacial score (nSPS) is 10.5. The van der Waals surface area contributed by atoms with Crippen LogP contribution >= 0.6 is 0 Å². The molecule has 2 aromatic rings. The Bertz CT molecular complexity index is 611. The maximum absolute atomic E-state index is 11.0. The Morgan fingerprint density at radius 2 is 2.30 bits per heavy atom. The number of aromatic nitrogens is 2. The summed E-state index contributed by atoms with van der Waals surface area (Å²) < 4.78 is 10.3. The Labute approximate surface area is 114 Å². The fraction of sp³-hybridized carbons (Fsp3) is 0.333. The zero-order valence-corrected chi connectivity index (χ0v) is 11.1. The summed E-state index contributed by atoms with van der Waals surface area (Å²) in [5, 5.41) is 17.6. The molecule has 0 saturated heterocycles. The number of nitro benzene ring substituents is 1. The van der Waals surface area contributed by atoms with E-state index in [9.17, 15) is 10.1 Å². The minimum absolute atomic E-state index is 0.00689. The lowest BCUT2D eigenvalue weighted by Crippen LogP contribution is -2.06. The van der Waals surface area contributed by atoms with Crippen LogP contribution in [0.5, 0.6) is 5.75 Å². The minimum Gasteiger partial charge on any atom is -0.477 e. The summed E-state index contributed by atoms with van der Waals surface area (Å²) in [6, 6.07) is 4.80. The molecule has 20 heavy (non-hydrogen) atoms. The minimum atomic E-state index is -0.479. The molecule has 0 spiro atoms. The van der Waals surface area contributed by atoms with Gasteiger partial charge in [0.1, 0.15) is 0 Å². The van der Waals surface area contributed by atoms with E-state index >= 15 is 0 Å². The molecule has 0 saturated carbocycles. The highest BCUT2D eigenvalue weighted by molar-refractivity contribution is 5.48. The van der Waals surface area contributed by atoms with Crippen molar-refractivity contribution >= 4 is 5.69 Å². The van der Waals surface area contributed by atoms with Crippen molar-refractivity contribution in [3.63, 3.8) is 0 Å². The van der Waals surface area contributed by atoms with Crippen molar-refractivity contribution in [2.75, 3.05) is 7.05 Å². The average molecular weight is 278 g/mol. The molecule has 0 aliphatic rings. The van der Waals surface area contributed by atoms with Gasteiger partial charge in [0, 0.05) is 12.6 Å². The predicted octanol–water partition coefficient (Wildman–Crippen LogP) is 1.58. The highest BCUT2D eigenvalue weighted by atomic mass is 16.6. The molecule has 0 aliphatic heterocycles. The van der Waals surface area contributed by atoms with Crippen molar-refractivity contribution in [3.8, 4) is 5.75 Å². The van der Waals surface area contributed by atoms with Crippen molar-refractivity contribution < 1.29 is 14.2 Å². The van der Waals surface area contributed by atoms with Gasteiger partial charge in [-0.1, -0.05) is 11.2 Å². The molecule has 2 rings (SSSR count). The molecule has 0 atom stereocenters. The van der Waals surface area contributed by atoms with Crippen LogP contribution in [0, 0.1) is 17.0 Å². The van der Waals surface area contributed by atoms with Crippen LogP contribution in [0.3, 0.4) is 0 Å². The quantitative estimate of drug-likeness (QED) is 0.632. The topological polar surface area (TPSA) is 103 Å². The summed E-state index contributed by atoms with van der Waals surface area (Å²) in [4.78, 5) is 14.5. The van der Waals surface area contributed by atoms with Crippen LogP contribution in [0.15, 0.2) is 22.7 Å². The molecule has 0 bridgehead atoms. The molecule has 1 N–H and O–H groups in total. The van der Waals surface area contributed by atoms with Crippen LogP contribution in [0.2, 0.25) is 0 Å². The largest absolute Gasteiger partial charge is 0.477 e. The van der Waals surface area contributed by atoms with E-state index in [2.05, 4.69) is 15.5 Å². The van der Waals surface area contributed by atoms with Gasteiger partial charge in [-0.2, -0.15) is 4.98 Å².